The van der Waals surface area contributed by atoms with Crippen LogP contribution in [-0.4, -0.2) is 67.5 Å². The van der Waals surface area contributed by atoms with E-state index in [2.05, 4.69) is 57.6 Å². The van der Waals surface area contributed by atoms with Crippen LogP contribution in [0.25, 0.3) is 89.3 Å². The summed E-state index contributed by atoms with van der Waals surface area (Å²) in [6.45, 7) is 4.55. The third-order valence-electron chi connectivity index (χ3n) is 13.8. The molecule has 0 saturated heterocycles. The number of hydrogen-bond acceptors (Lipinski definition) is 7. The first kappa shape index (κ1) is 46.0. The molecule has 4 aromatic carbocycles. The van der Waals surface area contributed by atoms with Crippen molar-refractivity contribution in [2.45, 2.75) is 64.5 Å². The smallest absolute Gasteiger partial charge is 0.277 e. The summed E-state index contributed by atoms with van der Waals surface area (Å²) in [6, 6.07) is 48.8. The Morgan fingerprint density at radius 2 is 0.718 bits per heavy atom. The highest BCUT2D eigenvalue weighted by Crippen LogP contribution is 2.50. The van der Waals surface area contributed by atoms with Gasteiger partial charge in [0.15, 0.2) is 0 Å². The maximum atomic E-state index is 15.8. The summed E-state index contributed by atoms with van der Waals surface area (Å²) < 4.78 is 25.8. The van der Waals surface area contributed by atoms with Gasteiger partial charge in [0.25, 0.3) is 11.1 Å². The van der Waals surface area contributed by atoms with E-state index in [0.29, 0.717) is 75.2 Å². The molecule has 11 heteroatoms. The van der Waals surface area contributed by atoms with E-state index in [1.807, 2.05) is 118 Å². The second kappa shape index (κ2) is 21.3. The number of ether oxygens (including phenoxy) is 3. The number of rotatable bonds is 2. The van der Waals surface area contributed by atoms with Gasteiger partial charge in [-0.1, -0.05) is 123 Å². The fourth-order valence-electron chi connectivity index (χ4n) is 10.5. The molecule has 4 bridgehead atoms. The van der Waals surface area contributed by atoms with E-state index in [4.69, 9.17) is 24.2 Å². The third kappa shape index (κ3) is 9.13. The van der Waals surface area contributed by atoms with Crippen molar-refractivity contribution in [3.8, 4) is 56.2 Å². The molecule has 6 aromatic heterocycles. The van der Waals surface area contributed by atoms with E-state index in [9.17, 15) is 0 Å². The molecule has 1 aliphatic heterocycles. The van der Waals surface area contributed by atoms with Gasteiger partial charge < -0.3 is 32.1 Å². The van der Waals surface area contributed by atoms with Crippen LogP contribution in [0.2, 0.25) is 0 Å². The van der Waals surface area contributed by atoms with Gasteiger partial charge in [0.05, 0.1) is 70.9 Å². The minimum atomic E-state index is -0.174. The minimum absolute atomic E-state index is 0.174. The fraction of sp³-hybridized carbons (Fsp3) is 0.267. The molecule has 71 heavy (non-hydrogen) atoms. The van der Waals surface area contributed by atoms with Gasteiger partial charge in [0, 0.05) is 61.0 Å². The number of aryl methyl sites for hydroxylation is 2. The van der Waals surface area contributed by atoms with E-state index >= 15 is 9.59 Å². The lowest BCUT2D eigenvalue weighted by molar-refractivity contribution is 0.0132. The Kier molecular flexibility index (Phi) is 13.8. The van der Waals surface area contributed by atoms with Crippen molar-refractivity contribution < 1.29 is 14.2 Å². The molecule has 1 aliphatic rings. The first-order valence-electron chi connectivity index (χ1n) is 25.3. The van der Waals surface area contributed by atoms with Gasteiger partial charge in [-0.05, 0) is 85.3 Å². The molecule has 0 aliphatic carbocycles. The molecule has 0 spiro atoms. The standard InChI is InChI=1S/C60H58N6O5/c67-59-55-53-51(43-23-7-5-8-24-43)49-31-15-19-33-63(49)57(53)58-54(52(44-25-9-6-10-26-44)50-32-16-20-34-64(50)58)56-60(68)66(48-30-14-12-28-46(48)62-56)36-18-2-4-22-38-70-40-42-71-41-39-69-37-21-3-1-17-35-65(59)47-29-13-11-27-45(47)61-55/h5-16,19-20,23-34H,1-4,17-18,21-22,35-42H2. The molecule has 0 unspecified atom stereocenters. The van der Waals surface area contributed by atoms with E-state index in [1.54, 1.807) is 0 Å². The van der Waals surface area contributed by atoms with Gasteiger partial charge in [0.2, 0.25) is 0 Å². The molecule has 0 amide bonds. The lowest BCUT2D eigenvalue weighted by Crippen LogP contribution is -2.25. The topological polar surface area (TPSA) is 106 Å². The van der Waals surface area contributed by atoms with Crippen molar-refractivity contribution in [1.29, 1.82) is 0 Å². The van der Waals surface area contributed by atoms with Crippen molar-refractivity contribution in [3.05, 3.63) is 179 Å². The highest BCUT2D eigenvalue weighted by molar-refractivity contribution is 6.09. The first-order chi connectivity index (χ1) is 35.2. The number of fused-ring (bicyclic) bond motifs is 17. The van der Waals surface area contributed by atoms with Gasteiger partial charge in [0.1, 0.15) is 11.4 Å². The van der Waals surface area contributed by atoms with Crippen LogP contribution in [0, 0.1) is 0 Å². The average molecular weight is 943 g/mol. The Bertz CT molecular complexity index is 3360. The van der Waals surface area contributed by atoms with Crippen LogP contribution >= 0.6 is 0 Å². The van der Waals surface area contributed by atoms with Crippen molar-refractivity contribution in [3.63, 3.8) is 0 Å². The van der Waals surface area contributed by atoms with Crippen LogP contribution in [0.4, 0.5) is 0 Å². The van der Waals surface area contributed by atoms with Crippen molar-refractivity contribution in [2.24, 2.45) is 0 Å². The summed E-state index contributed by atoms with van der Waals surface area (Å²) >= 11 is 0. The zero-order valence-electron chi connectivity index (χ0n) is 40.0. The van der Waals surface area contributed by atoms with Crippen LogP contribution in [0.1, 0.15) is 51.4 Å². The molecular formula is C60H58N6O5. The molecular weight excluding hydrogens is 885 g/mol. The molecule has 11 rings (SSSR count). The largest absolute Gasteiger partial charge is 0.379 e. The van der Waals surface area contributed by atoms with E-state index in [0.717, 1.165) is 118 Å². The van der Waals surface area contributed by atoms with E-state index in [-0.39, 0.29) is 11.1 Å². The van der Waals surface area contributed by atoms with Gasteiger partial charge in [-0.3, -0.25) is 9.59 Å². The minimum Gasteiger partial charge on any atom is -0.379 e. The number of para-hydroxylation sites is 4. The number of benzene rings is 4. The first-order valence-corrected chi connectivity index (χ1v) is 25.3. The number of aromatic nitrogens is 6. The number of hydrogen-bond donors (Lipinski definition) is 0. The molecule has 0 atom stereocenters. The van der Waals surface area contributed by atoms with Crippen LogP contribution in [0.3, 0.4) is 0 Å². The Labute approximate surface area is 412 Å². The Balaban J connectivity index is 1.21. The quantitative estimate of drug-likeness (QED) is 0.170. The Morgan fingerprint density at radius 1 is 0.352 bits per heavy atom. The molecule has 0 fully saturated rings. The number of nitrogens with zero attached hydrogens (tertiary/aromatic N) is 6. The number of pyridine rings is 2. The summed E-state index contributed by atoms with van der Waals surface area (Å²) in [4.78, 5) is 42.3. The van der Waals surface area contributed by atoms with Gasteiger partial charge in [-0.25, -0.2) is 9.97 Å². The van der Waals surface area contributed by atoms with Crippen LogP contribution in [0.15, 0.2) is 168 Å². The maximum absolute atomic E-state index is 15.8. The fourth-order valence-corrected chi connectivity index (χ4v) is 10.5. The maximum Gasteiger partial charge on any atom is 0.277 e. The van der Waals surface area contributed by atoms with Crippen molar-refractivity contribution in [2.75, 3.05) is 39.6 Å². The molecule has 358 valence electrons. The highest BCUT2D eigenvalue weighted by atomic mass is 16.5. The normalized spacial score (nSPS) is 15.2. The molecule has 10 aromatic rings. The average Bonchev–Trinajstić information content (AvgIpc) is 3.93. The van der Waals surface area contributed by atoms with Gasteiger partial charge in [-0.2, -0.15) is 0 Å². The lowest BCUT2D eigenvalue weighted by Gasteiger charge is -2.16. The van der Waals surface area contributed by atoms with Crippen LogP contribution in [-0.2, 0) is 27.3 Å². The summed E-state index contributed by atoms with van der Waals surface area (Å²) in [5.74, 6) is 0. The van der Waals surface area contributed by atoms with E-state index in [1.165, 1.54) is 0 Å². The molecule has 0 N–H and O–H groups in total. The summed E-state index contributed by atoms with van der Waals surface area (Å²) in [5.41, 5.74) is 11.6. The summed E-state index contributed by atoms with van der Waals surface area (Å²) in [7, 11) is 0. The lowest BCUT2D eigenvalue weighted by atomic mass is 9.94. The Morgan fingerprint density at radius 3 is 1.17 bits per heavy atom. The highest BCUT2D eigenvalue weighted by Gasteiger charge is 2.33. The predicted molar refractivity (Wildman–Crippen MR) is 284 cm³/mol. The molecule has 11 nitrogen and oxygen atoms in total. The van der Waals surface area contributed by atoms with Gasteiger partial charge >= 0.3 is 0 Å². The molecule has 0 radical (unpaired) electrons. The summed E-state index contributed by atoms with van der Waals surface area (Å²) in [6.07, 6.45) is 11.4. The monoisotopic (exact) mass is 942 g/mol. The zero-order chi connectivity index (χ0) is 47.9. The van der Waals surface area contributed by atoms with E-state index < -0.39 is 0 Å². The summed E-state index contributed by atoms with van der Waals surface area (Å²) in [5, 5.41) is 0. The molecule has 0 saturated carbocycles. The van der Waals surface area contributed by atoms with Crippen molar-refractivity contribution in [1.82, 2.24) is 27.9 Å². The van der Waals surface area contributed by atoms with Crippen LogP contribution in [0.5, 0.6) is 0 Å². The second-order valence-corrected chi connectivity index (χ2v) is 18.3. The van der Waals surface area contributed by atoms with Crippen LogP contribution < -0.4 is 11.1 Å². The Hall–Kier alpha value is -7.44. The second-order valence-electron chi connectivity index (χ2n) is 18.3. The van der Waals surface area contributed by atoms with Crippen molar-refractivity contribution >= 4 is 33.1 Å². The molecule has 7 heterocycles. The van der Waals surface area contributed by atoms with Gasteiger partial charge in [-0.15, -0.1) is 0 Å². The predicted octanol–water partition coefficient (Wildman–Crippen LogP) is 12.1. The third-order valence-corrected chi connectivity index (χ3v) is 13.8. The SMILES string of the molecule is O=c1c2nc3ccccc3n1CCCCCCOCCOCCOCCCCCCn1c(=O)c(nc3ccccc31)-c1c(-c3ccccc3)c3ccccn3c1-c1c-2c(-c2ccccc2)c2ccccn12. The zero-order valence-corrected chi connectivity index (χ0v) is 40.0.